The van der Waals surface area contributed by atoms with E-state index >= 15 is 0 Å². The molecule has 1 fully saturated rings. The first-order valence-electron chi connectivity index (χ1n) is 6.40. The maximum Gasteiger partial charge on any atom is 0.219 e. The molecule has 0 spiro atoms. The van der Waals surface area contributed by atoms with E-state index in [0.29, 0.717) is 0 Å². The van der Waals surface area contributed by atoms with Gasteiger partial charge in [-0.15, -0.1) is 0 Å². The number of rotatable bonds is 3. The summed E-state index contributed by atoms with van der Waals surface area (Å²) < 4.78 is 5.35. The van der Waals surface area contributed by atoms with E-state index in [2.05, 4.69) is 4.90 Å². The Morgan fingerprint density at radius 3 is 2.58 bits per heavy atom. The van der Waals surface area contributed by atoms with Crippen LogP contribution in [0.1, 0.15) is 12.5 Å². The van der Waals surface area contributed by atoms with E-state index in [-0.39, 0.29) is 5.91 Å². The predicted molar refractivity (Wildman–Crippen MR) is 75.5 cm³/mol. The van der Waals surface area contributed by atoms with Crippen molar-refractivity contribution in [2.75, 3.05) is 33.3 Å². The molecule has 104 valence electrons. The molecule has 1 aromatic carbocycles. The minimum Gasteiger partial charge on any atom is -0.496 e. The highest BCUT2D eigenvalue weighted by Crippen LogP contribution is 2.24. The fourth-order valence-corrected chi connectivity index (χ4v) is 2.53. The van der Waals surface area contributed by atoms with Crippen molar-refractivity contribution in [1.29, 1.82) is 0 Å². The third-order valence-corrected chi connectivity index (χ3v) is 3.69. The van der Waals surface area contributed by atoms with Crippen molar-refractivity contribution >= 4 is 17.5 Å². The van der Waals surface area contributed by atoms with Crippen molar-refractivity contribution < 1.29 is 9.53 Å². The first-order valence-corrected chi connectivity index (χ1v) is 6.78. The summed E-state index contributed by atoms with van der Waals surface area (Å²) in [4.78, 5) is 15.5. The van der Waals surface area contributed by atoms with Gasteiger partial charge in [0.25, 0.3) is 0 Å². The van der Waals surface area contributed by atoms with Gasteiger partial charge >= 0.3 is 0 Å². The summed E-state index contributed by atoms with van der Waals surface area (Å²) in [5.41, 5.74) is 1.09. The molecule has 0 atom stereocenters. The topological polar surface area (TPSA) is 32.8 Å². The fraction of sp³-hybridized carbons (Fsp3) is 0.500. The maximum absolute atomic E-state index is 11.3. The van der Waals surface area contributed by atoms with Crippen molar-refractivity contribution in [3.05, 3.63) is 28.8 Å². The van der Waals surface area contributed by atoms with Crippen LogP contribution in [0.25, 0.3) is 0 Å². The zero-order chi connectivity index (χ0) is 13.8. The number of amides is 1. The SMILES string of the molecule is COc1ccc(Cl)cc1CN1CCN(C(C)=O)CC1. The molecular formula is C14H19ClN2O2. The van der Waals surface area contributed by atoms with Crippen LogP contribution in [-0.2, 0) is 11.3 Å². The van der Waals surface area contributed by atoms with Crippen molar-refractivity contribution in [1.82, 2.24) is 9.80 Å². The van der Waals surface area contributed by atoms with Crippen molar-refractivity contribution in [3.8, 4) is 5.75 Å². The van der Waals surface area contributed by atoms with Gasteiger partial charge in [0.1, 0.15) is 5.75 Å². The predicted octanol–water partition coefficient (Wildman–Crippen LogP) is 2.01. The molecule has 0 N–H and O–H groups in total. The van der Waals surface area contributed by atoms with Gasteiger partial charge in [-0.2, -0.15) is 0 Å². The van der Waals surface area contributed by atoms with Gasteiger partial charge in [-0.1, -0.05) is 11.6 Å². The molecular weight excluding hydrogens is 264 g/mol. The zero-order valence-electron chi connectivity index (χ0n) is 11.4. The molecule has 1 aliphatic rings. The molecule has 0 radical (unpaired) electrons. The second kappa shape index (κ2) is 6.26. The van der Waals surface area contributed by atoms with E-state index in [1.165, 1.54) is 0 Å². The van der Waals surface area contributed by atoms with Crippen LogP contribution in [0.3, 0.4) is 0 Å². The summed E-state index contributed by atoms with van der Waals surface area (Å²) in [5.74, 6) is 1.01. The van der Waals surface area contributed by atoms with Crippen LogP contribution < -0.4 is 4.74 Å². The average Bonchev–Trinajstić information content (AvgIpc) is 2.39. The van der Waals surface area contributed by atoms with Crippen molar-refractivity contribution in [3.63, 3.8) is 0 Å². The lowest BCUT2D eigenvalue weighted by atomic mass is 10.1. The van der Waals surface area contributed by atoms with Gasteiger partial charge in [0, 0.05) is 50.2 Å². The van der Waals surface area contributed by atoms with Crippen LogP contribution >= 0.6 is 11.6 Å². The number of piperazine rings is 1. The molecule has 5 heteroatoms. The lowest BCUT2D eigenvalue weighted by Gasteiger charge is -2.34. The Morgan fingerprint density at radius 1 is 1.32 bits per heavy atom. The number of hydrogen-bond acceptors (Lipinski definition) is 3. The van der Waals surface area contributed by atoms with E-state index in [9.17, 15) is 4.79 Å². The summed E-state index contributed by atoms with van der Waals surface area (Å²) in [6.07, 6.45) is 0. The van der Waals surface area contributed by atoms with Crippen LogP contribution in [0, 0.1) is 0 Å². The number of methoxy groups -OCH3 is 1. The molecule has 2 rings (SSSR count). The molecule has 1 aromatic rings. The third-order valence-electron chi connectivity index (χ3n) is 3.45. The Bertz CT molecular complexity index is 457. The highest BCUT2D eigenvalue weighted by atomic mass is 35.5. The Balaban J connectivity index is 1.99. The van der Waals surface area contributed by atoms with Gasteiger partial charge in [0.05, 0.1) is 7.11 Å². The summed E-state index contributed by atoms with van der Waals surface area (Å²) in [6, 6.07) is 5.67. The molecule has 0 bridgehead atoms. The largest absolute Gasteiger partial charge is 0.496 e. The van der Waals surface area contributed by atoms with E-state index < -0.39 is 0 Å². The van der Waals surface area contributed by atoms with Crippen LogP contribution in [0.2, 0.25) is 5.02 Å². The third kappa shape index (κ3) is 3.61. The number of nitrogens with zero attached hydrogens (tertiary/aromatic N) is 2. The smallest absolute Gasteiger partial charge is 0.219 e. The zero-order valence-corrected chi connectivity index (χ0v) is 12.1. The highest BCUT2D eigenvalue weighted by Gasteiger charge is 2.19. The summed E-state index contributed by atoms with van der Waals surface area (Å²) in [6.45, 7) is 5.77. The number of carbonyl (C=O) groups excluding carboxylic acids is 1. The number of carbonyl (C=O) groups is 1. The van der Waals surface area contributed by atoms with Gasteiger partial charge < -0.3 is 9.64 Å². The molecule has 0 aliphatic carbocycles. The van der Waals surface area contributed by atoms with E-state index in [1.807, 2.05) is 23.1 Å². The minimum atomic E-state index is 0.153. The van der Waals surface area contributed by atoms with Gasteiger partial charge in [-0.05, 0) is 18.2 Å². The normalized spacial score (nSPS) is 16.5. The number of benzene rings is 1. The second-order valence-corrected chi connectivity index (χ2v) is 5.17. The van der Waals surface area contributed by atoms with Crippen LogP contribution in [0.15, 0.2) is 18.2 Å². The van der Waals surface area contributed by atoms with E-state index in [0.717, 1.165) is 49.1 Å². The average molecular weight is 283 g/mol. The lowest BCUT2D eigenvalue weighted by Crippen LogP contribution is -2.47. The summed E-state index contributed by atoms with van der Waals surface area (Å²) in [7, 11) is 1.67. The molecule has 1 amide bonds. The summed E-state index contributed by atoms with van der Waals surface area (Å²) in [5, 5.41) is 0.721. The number of halogens is 1. The van der Waals surface area contributed by atoms with Gasteiger partial charge in [0.2, 0.25) is 5.91 Å². The first-order chi connectivity index (χ1) is 9.10. The highest BCUT2D eigenvalue weighted by molar-refractivity contribution is 6.30. The molecule has 0 saturated carbocycles. The van der Waals surface area contributed by atoms with Crippen LogP contribution in [0.4, 0.5) is 0 Å². The van der Waals surface area contributed by atoms with Gasteiger partial charge in [-0.3, -0.25) is 9.69 Å². The monoisotopic (exact) mass is 282 g/mol. The second-order valence-electron chi connectivity index (χ2n) is 4.74. The first kappa shape index (κ1) is 14.2. The fourth-order valence-electron chi connectivity index (χ4n) is 2.33. The Morgan fingerprint density at radius 2 is 2.00 bits per heavy atom. The standard InChI is InChI=1S/C14H19ClN2O2/c1-11(18)17-7-5-16(6-8-17)10-12-9-13(15)3-4-14(12)19-2/h3-4,9H,5-8,10H2,1-2H3. The Hall–Kier alpha value is -1.26. The van der Waals surface area contributed by atoms with Crippen molar-refractivity contribution in [2.45, 2.75) is 13.5 Å². The minimum absolute atomic E-state index is 0.153. The molecule has 4 nitrogen and oxygen atoms in total. The van der Waals surface area contributed by atoms with E-state index in [1.54, 1.807) is 14.0 Å². The molecule has 1 saturated heterocycles. The van der Waals surface area contributed by atoms with Crippen molar-refractivity contribution in [2.24, 2.45) is 0 Å². The number of hydrogen-bond donors (Lipinski definition) is 0. The molecule has 19 heavy (non-hydrogen) atoms. The Kier molecular flexibility index (Phi) is 4.66. The van der Waals surface area contributed by atoms with Crippen LogP contribution in [-0.4, -0.2) is 49.0 Å². The van der Waals surface area contributed by atoms with Gasteiger partial charge in [-0.25, -0.2) is 0 Å². The molecule has 1 aliphatic heterocycles. The maximum atomic E-state index is 11.3. The lowest BCUT2D eigenvalue weighted by molar-refractivity contribution is -0.130. The summed E-state index contributed by atoms with van der Waals surface area (Å²) >= 11 is 6.03. The van der Waals surface area contributed by atoms with Gasteiger partial charge in [0.15, 0.2) is 0 Å². The number of ether oxygens (including phenoxy) is 1. The molecule has 1 heterocycles. The molecule has 0 aromatic heterocycles. The quantitative estimate of drug-likeness (QED) is 0.850. The Labute approximate surface area is 118 Å². The molecule has 0 unspecified atom stereocenters. The van der Waals surface area contributed by atoms with E-state index in [4.69, 9.17) is 16.3 Å². The van der Waals surface area contributed by atoms with Crippen LogP contribution in [0.5, 0.6) is 5.75 Å².